The molecular weight excluding hydrogens is 258 g/mol. The van der Waals surface area contributed by atoms with Crippen LogP contribution in [0.4, 0.5) is 5.13 Å². The molecule has 1 fully saturated rings. The van der Waals surface area contributed by atoms with E-state index in [1.54, 1.807) is 0 Å². The van der Waals surface area contributed by atoms with Gasteiger partial charge in [0.1, 0.15) is 5.01 Å². The largest absolute Gasteiger partial charge is 0.300 e. The minimum atomic E-state index is -0.185. The summed E-state index contributed by atoms with van der Waals surface area (Å²) in [6, 6.07) is 8.12. The van der Waals surface area contributed by atoms with Crippen LogP contribution in [0.5, 0.6) is 0 Å². The van der Waals surface area contributed by atoms with Crippen LogP contribution in [0.25, 0.3) is 10.6 Å². The van der Waals surface area contributed by atoms with Crippen molar-refractivity contribution in [3.63, 3.8) is 0 Å². The van der Waals surface area contributed by atoms with Gasteiger partial charge in [0.2, 0.25) is 11.0 Å². The molecule has 0 saturated heterocycles. The maximum Gasteiger partial charge on any atom is 0.232 e. The number of aryl methyl sites for hydroxylation is 1. The van der Waals surface area contributed by atoms with Crippen molar-refractivity contribution in [2.45, 2.75) is 26.7 Å². The van der Waals surface area contributed by atoms with Crippen molar-refractivity contribution in [2.75, 3.05) is 5.32 Å². The van der Waals surface area contributed by atoms with E-state index in [0.29, 0.717) is 5.13 Å². The fraction of sp³-hybridized carbons (Fsp3) is 0.357. The van der Waals surface area contributed by atoms with Gasteiger partial charge in [-0.15, -0.1) is 10.2 Å². The van der Waals surface area contributed by atoms with Crippen LogP contribution in [0.1, 0.15) is 25.3 Å². The molecule has 98 valence electrons. The number of amides is 1. The van der Waals surface area contributed by atoms with Gasteiger partial charge in [-0.25, -0.2) is 0 Å². The van der Waals surface area contributed by atoms with Gasteiger partial charge in [0, 0.05) is 11.0 Å². The summed E-state index contributed by atoms with van der Waals surface area (Å²) in [7, 11) is 0. The Morgan fingerprint density at radius 1 is 1.26 bits per heavy atom. The number of nitrogens with one attached hydrogen (secondary N) is 1. The summed E-state index contributed by atoms with van der Waals surface area (Å²) in [6.45, 7) is 4.02. The van der Waals surface area contributed by atoms with E-state index in [4.69, 9.17) is 0 Å². The van der Waals surface area contributed by atoms with Crippen molar-refractivity contribution < 1.29 is 4.79 Å². The Kier molecular flexibility index (Phi) is 2.86. The van der Waals surface area contributed by atoms with Gasteiger partial charge >= 0.3 is 0 Å². The van der Waals surface area contributed by atoms with Crippen LogP contribution in [0.3, 0.4) is 0 Å². The summed E-state index contributed by atoms with van der Waals surface area (Å²) >= 11 is 1.41. The number of carbonyl (C=O) groups is 1. The second kappa shape index (κ2) is 4.42. The molecule has 1 heterocycles. The third-order valence-corrected chi connectivity index (χ3v) is 4.38. The number of aromatic nitrogens is 2. The van der Waals surface area contributed by atoms with E-state index >= 15 is 0 Å². The summed E-state index contributed by atoms with van der Waals surface area (Å²) in [5.74, 6) is 0.0547. The summed E-state index contributed by atoms with van der Waals surface area (Å²) in [6.07, 6.45) is 1.92. The quantitative estimate of drug-likeness (QED) is 0.934. The minimum Gasteiger partial charge on any atom is -0.300 e. The van der Waals surface area contributed by atoms with E-state index in [1.165, 1.54) is 16.9 Å². The molecule has 0 bridgehead atoms. The third kappa shape index (κ3) is 2.51. The minimum absolute atomic E-state index is 0.0547. The van der Waals surface area contributed by atoms with E-state index in [1.807, 2.05) is 38.1 Å². The molecule has 19 heavy (non-hydrogen) atoms. The second-order valence-electron chi connectivity index (χ2n) is 5.29. The summed E-state index contributed by atoms with van der Waals surface area (Å²) in [5.41, 5.74) is 2.06. The Balaban J connectivity index is 1.76. The molecule has 1 saturated carbocycles. The zero-order valence-corrected chi connectivity index (χ0v) is 11.8. The molecule has 1 aliphatic carbocycles. The number of rotatable bonds is 3. The zero-order chi connectivity index (χ0) is 13.5. The average molecular weight is 273 g/mol. The molecule has 1 N–H and O–H groups in total. The molecule has 5 heteroatoms. The van der Waals surface area contributed by atoms with Gasteiger partial charge < -0.3 is 5.32 Å². The number of hydrogen-bond donors (Lipinski definition) is 1. The standard InChI is InChI=1S/C14H15N3OS/c1-9-3-5-10(6-4-9)11-16-17-13(19-11)15-12(18)14(2)7-8-14/h3-6H,7-8H2,1-2H3,(H,15,17,18). The Morgan fingerprint density at radius 2 is 1.95 bits per heavy atom. The van der Waals surface area contributed by atoms with E-state index < -0.39 is 0 Å². The van der Waals surface area contributed by atoms with Crippen molar-refractivity contribution in [1.82, 2.24) is 10.2 Å². The van der Waals surface area contributed by atoms with Crippen LogP contribution in [0.2, 0.25) is 0 Å². The summed E-state index contributed by atoms with van der Waals surface area (Å²) < 4.78 is 0. The van der Waals surface area contributed by atoms with Crippen LogP contribution in [0.15, 0.2) is 24.3 Å². The van der Waals surface area contributed by atoms with E-state index in [0.717, 1.165) is 23.4 Å². The molecular formula is C14H15N3OS. The molecule has 4 nitrogen and oxygen atoms in total. The first kappa shape index (κ1) is 12.3. The number of hydrogen-bond acceptors (Lipinski definition) is 4. The van der Waals surface area contributed by atoms with Crippen LogP contribution in [0, 0.1) is 12.3 Å². The van der Waals surface area contributed by atoms with Crippen molar-refractivity contribution in [2.24, 2.45) is 5.41 Å². The lowest BCUT2D eigenvalue weighted by Crippen LogP contribution is -2.21. The lowest BCUT2D eigenvalue weighted by Gasteiger charge is -2.05. The summed E-state index contributed by atoms with van der Waals surface area (Å²) in [4.78, 5) is 11.9. The average Bonchev–Trinajstić information content (AvgIpc) is 2.98. The van der Waals surface area contributed by atoms with Crippen molar-refractivity contribution >= 4 is 22.4 Å². The topological polar surface area (TPSA) is 54.9 Å². The first-order chi connectivity index (χ1) is 9.07. The normalized spacial score (nSPS) is 16.1. The SMILES string of the molecule is Cc1ccc(-c2nnc(NC(=O)C3(C)CC3)s2)cc1. The van der Waals surface area contributed by atoms with Gasteiger partial charge in [-0.05, 0) is 19.8 Å². The lowest BCUT2D eigenvalue weighted by molar-refractivity contribution is -0.120. The van der Waals surface area contributed by atoms with Gasteiger partial charge in [0.05, 0.1) is 0 Å². The molecule has 1 aliphatic rings. The zero-order valence-electron chi connectivity index (χ0n) is 10.9. The Labute approximate surface area is 115 Å². The molecule has 0 unspecified atom stereocenters. The molecule has 2 aromatic rings. The molecule has 0 aliphatic heterocycles. The Bertz CT molecular complexity index is 614. The number of benzene rings is 1. The van der Waals surface area contributed by atoms with Crippen LogP contribution in [-0.2, 0) is 4.79 Å². The second-order valence-corrected chi connectivity index (χ2v) is 6.27. The Hall–Kier alpha value is -1.75. The first-order valence-corrected chi connectivity index (χ1v) is 7.10. The van der Waals surface area contributed by atoms with E-state index in [9.17, 15) is 4.79 Å². The molecule has 0 spiro atoms. The number of carbonyl (C=O) groups excluding carboxylic acids is 1. The highest BCUT2D eigenvalue weighted by atomic mass is 32.1. The fourth-order valence-electron chi connectivity index (χ4n) is 1.75. The van der Waals surface area contributed by atoms with Gasteiger partial charge in [-0.3, -0.25) is 4.79 Å². The molecule has 1 aromatic heterocycles. The maximum absolute atomic E-state index is 11.9. The van der Waals surface area contributed by atoms with E-state index in [2.05, 4.69) is 15.5 Å². The van der Waals surface area contributed by atoms with Crippen molar-refractivity contribution in [3.8, 4) is 10.6 Å². The predicted octanol–water partition coefficient (Wildman–Crippen LogP) is 3.25. The smallest absolute Gasteiger partial charge is 0.232 e. The molecule has 0 atom stereocenters. The lowest BCUT2D eigenvalue weighted by atomic mass is 10.1. The van der Waals surface area contributed by atoms with Crippen LogP contribution in [-0.4, -0.2) is 16.1 Å². The fourth-order valence-corrected chi connectivity index (χ4v) is 2.49. The monoisotopic (exact) mass is 273 g/mol. The highest BCUT2D eigenvalue weighted by molar-refractivity contribution is 7.18. The predicted molar refractivity (Wildman–Crippen MR) is 76.1 cm³/mol. The number of nitrogens with zero attached hydrogens (tertiary/aromatic N) is 2. The van der Waals surface area contributed by atoms with Gasteiger partial charge in [0.25, 0.3) is 0 Å². The molecule has 1 amide bonds. The van der Waals surface area contributed by atoms with Crippen LogP contribution < -0.4 is 5.32 Å². The highest BCUT2D eigenvalue weighted by Gasteiger charge is 2.45. The first-order valence-electron chi connectivity index (χ1n) is 6.29. The third-order valence-electron chi connectivity index (χ3n) is 3.49. The van der Waals surface area contributed by atoms with Crippen molar-refractivity contribution in [1.29, 1.82) is 0 Å². The van der Waals surface area contributed by atoms with Gasteiger partial charge in [-0.2, -0.15) is 0 Å². The Morgan fingerprint density at radius 3 is 2.58 bits per heavy atom. The molecule has 0 radical (unpaired) electrons. The molecule has 3 rings (SSSR count). The van der Waals surface area contributed by atoms with E-state index in [-0.39, 0.29) is 11.3 Å². The van der Waals surface area contributed by atoms with Crippen LogP contribution >= 0.6 is 11.3 Å². The summed E-state index contributed by atoms with van der Waals surface area (Å²) in [5, 5.41) is 12.4. The van der Waals surface area contributed by atoms with Gasteiger partial charge in [-0.1, -0.05) is 48.1 Å². The maximum atomic E-state index is 11.9. The highest BCUT2D eigenvalue weighted by Crippen LogP contribution is 2.45. The molecule has 1 aromatic carbocycles. The van der Waals surface area contributed by atoms with Crippen molar-refractivity contribution in [3.05, 3.63) is 29.8 Å². The number of anilines is 1. The van der Waals surface area contributed by atoms with Gasteiger partial charge in [0.15, 0.2) is 0 Å².